The Hall–Kier alpha value is -0.740. The Morgan fingerprint density at radius 2 is 2.15 bits per heavy atom. The zero-order chi connectivity index (χ0) is 15.7. The Morgan fingerprint density at radius 3 is 2.50 bits per heavy atom. The van der Waals surface area contributed by atoms with Crippen molar-refractivity contribution in [1.82, 2.24) is 4.72 Å². The van der Waals surface area contributed by atoms with Gasteiger partial charge in [0, 0.05) is 18.2 Å². The summed E-state index contributed by atoms with van der Waals surface area (Å²) in [6, 6.07) is 0.951. The van der Waals surface area contributed by atoms with Gasteiger partial charge in [-0.15, -0.1) is 11.3 Å². The van der Waals surface area contributed by atoms with E-state index in [0.717, 1.165) is 6.07 Å². The quantitative estimate of drug-likeness (QED) is 0.606. The maximum atomic E-state index is 12.3. The smallest absolute Gasteiger partial charge is 0.300 e. The minimum Gasteiger partial charge on any atom is -0.329 e. The molecule has 0 fully saturated rings. The number of hydrogen-bond donors (Lipinski definition) is 2. The zero-order valence-electron chi connectivity index (χ0n) is 11.2. The molecule has 7 nitrogen and oxygen atoms in total. The molecule has 0 bridgehead atoms. The van der Waals surface area contributed by atoms with Gasteiger partial charge in [-0.3, -0.25) is 10.1 Å². The lowest BCUT2D eigenvalue weighted by Crippen LogP contribution is -2.54. The summed E-state index contributed by atoms with van der Waals surface area (Å²) in [5.41, 5.74) is 4.36. The second kappa shape index (κ2) is 5.94. The summed E-state index contributed by atoms with van der Waals surface area (Å²) in [6.45, 7) is 5.45. The monoisotopic (exact) mass is 341 g/mol. The van der Waals surface area contributed by atoms with Crippen LogP contribution < -0.4 is 10.5 Å². The third-order valence-corrected chi connectivity index (χ3v) is 6.60. The molecule has 0 aliphatic carbocycles. The van der Waals surface area contributed by atoms with Gasteiger partial charge < -0.3 is 5.73 Å². The van der Waals surface area contributed by atoms with Crippen molar-refractivity contribution >= 4 is 38.6 Å². The van der Waals surface area contributed by atoms with Crippen molar-refractivity contribution in [2.24, 2.45) is 11.7 Å². The number of nitrogens with one attached hydrogen (secondary N) is 1. The van der Waals surface area contributed by atoms with Gasteiger partial charge in [0.1, 0.15) is 4.21 Å². The molecule has 1 aromatic heterocycles. The van der Waals surface area contributed by atoms with Crippen LogP contribution in [0.2, 0.25) is 4.34 Å². The summed E-state index contributed by atoms with van der Waals surface area (Å²) in [5, 5.41) is 10.7. The highest BCUT2D eigenvalue weighted by Gasteiger charge is 2.34. The fourth-order valence-corrected chi connectivity index (χ4v) is 4.56. The standard InChI is InChI=1S/C10H16ClN3O4S2/c1-6(2)10(3,5-12)13-20(17,18)8-4-7(14(15)16)9(11)19-8/h4,6,13H,5,12H2,1-3H3. The second-order valence-electron chi connectivity index (χ2n) is 4.86. The first-order chi connectivity index (χ1) is 9.03. The minimum absolute atomic E-state index is 0.0484. The third kappa shape index (κ3) is 3.47. The van der Waals surface area contributed by atoms with Crippen molar-refractivity contribution in [2.75, 3.05) is 6.54 Å². The van der Waals surface area contributed by atoms with Crippen molar-refractivity contribution in [3.8, 4) is 0 Å². The number of hydrogen-bond acceptors (Lipinski definition) is 6. The van der Waals surface area contributed by atoms with Gasteiger partial charge in [0.25, 0.3) is 15.7 Å². The molecule has 3 N–H and O–H groups in total. The topological polar surface area (TPSA) is 115 Å². The lowest BCUT2D eigenvalue weighted by molar-refractivity contribution is -0.384. The number of rotatable bonds is 6. The van der Waals surface area contributed by atoms with Crippen molar-refractivity contribution in [2.45, 2.75) is 30.5 Å². The molecule has 0 saturated carbocycles. The van der Waals surface area contributed by atoms with Crippen LogP contribution in [0.1, 0.15) is 20.8 Å². The highest BCUT2D eigenvalue weighted by Crippen LogP contribution is 2.36. The lowest BCUT2D eigenvalue weighted by atomic mass is 9.90. The van der Waals surface area contributed by atoms with E-state index in [1.807, 2.05) is 13.8 Å². The maximum Gasteiger partial charge on any atom is 0.300 e. The first kappa shape index (κ1) is 17.3. The first-order valence-corrected chi connectivity index (χ1v) is 8.39. The summed E-state index contributed by atoms with van der Waals surface area (Å²) >= 11 is 6.32. The average molecular weight is 342 g/mol. The predicted molar refractivity (Wildman–Crippen MR) is 78.6 cm³/mol. The fourth-order valence-electron chi connectivity index (χ4n) is 1.35. The van der Waals surface area contributed by atoms with Crippen LogP contribution in [0.3, 0.4) is 0 Å². The van der Waals surface area contributed by atoms with Gasteiger partial charge in [0.2, 0.25) is 0 Å². The van der Waals surface area contributed by atoms with E-state index in [1.54, 1.807) is 6.92 Å². The molecule has 0 spiro atoms. The maximum absolute atomic E-state index is 12.3. The molecule has 0 aliphatic heterocycles. The lowest BCUT2D eigenvalue weighted by Gasteiger charge is -2.32. The van der Waals surface area contributed by atoms with Crippen LogP contribution in [0.15, 0.2) is 10.3 Å². The van der Waals surface area contributed by atoms with Crippen molar-refractivity contribution < 1.29 is 13.3 Å². The Bertz CT molecular complexity index is 614. The molecular formula is C10H16ClN3O4S2. The van der Waals surface area contributed by atoms with E-state index in [4.69, 9.17) is 17.3 Å². The van der Waals surface area contributed by atoms with Gasteiger partial charge in [-0.25, -0.2) is 13.1 Å². The molecule has 0 saturated heterocycles. The average Bonchev–Trinajstić information content (AvgIpc) is 2.71. The van der Waals surface area contributed by atoms with E-state index in [9.17, 15) is 18.5 Å². The molecule has 1 atom stereocenters. The fraction of sp³-hybridized carbons (Fsp3) is 0.600. The van der Waals surface area contributed by atoms with Gasteiger partial charge in [-0.1, -0.05) is 25.4 Å². The van der Waals surface area contributed by atoms with E-state index in [0.29, 0.717) is 11.3 Å². The van der Waals surface area contributed by atoms with Gasteiger partial charge >= 0.3 is 0 Å². The van der Waals surface area contributed by atoms with Crippen molar-refractivity contribution in [3.63, 3.8) is 0 Å². The second-order valence-corrected chi connectivity index (χ2v) is 8.43. The number of thiophene rings is 1. The van der Waals surface area contributed by atoms with E-state index >= 15 is 0 Å². The number of sulfonamides is 1. The number of nitrogens with zero attached hydrogens (tertiary/aromatic N) is 1. The summed E-state index contributed by atoms with van der Waals surface area (Å²) in [5.74, 6) is -0.0484. The van der Waals surface area contributed by atoms with Crippen LogP contribution in [-0.4, -0.2) is 25.4 Å². The Morgan fingerprint density at radius 1 is 1.60 bits per heavy atom. The van der Waals surface area contributed by atoms with Crippen LogP contribution in [0.25, 0.3) is 0 Å². The molecular weight excluding hydrogens is 326 g/mol. The molecule has 0 aromatic carbocycles. The van der Waals surface area contributed by atoms with E-state index < -0.39 is 26.2 Å². The molecule has 0 radical (unpaired) electrons. The molecule has 114 valence electrons. The van der Waals surface area contributed by atoms with Crippen LogP contribution in [-0.2, 0) is 10.0 Å². The largest absolute Gasteiger partial charge is 0.329 e. The molecule has 10 heteroatoms. The Kier molecular flexibility index (Phi) is 5.14. The van der Waals surface area contributed by atoms with Crippen molar-refractivity contribution in [3.05, 3.63) is 20.5 Å². The van der Waals surface area contributed by atoms with E-state index in [1.165, 1.54) is 0 Å². The summed E-state index contributed by atoms with van der Waals surface area (Å²) in [4.78, 5) is 9.98. The van der Waals surface area contributed by atoms with Crippen LogP contribution >= 0.6 is 22.9 Å². The molecule has 0 amide bonds. The van der Waals surface area contributed by atoms with Gasteiger partial charge in [-0.2, -0.15) is 0 Å². The molecule has 1 rings (SSSR count). The summed E-state index contributed by atoms with van der Waals surface area (Å²) in [6.07, 6.45) is 0. The Labute approximate surface area is 126 Å². The zero-order valence-corrected chi connectivity index (χ0v) is 13.6. The molecule has 1 unspecified atom stereocenters. The van der Waals surface area contributed by atoms with Gasteiger partial charge in [0.05, 0.1) is 4.92 Å². The van der Waals surface area contributed by atoms with Crippen LogP contribution in [0.5, 0.6) is 0 Å². The SMILES string of the molecule is CC(C)C(C)(CN)NS(=O)(=O)c1cc([N+](=O)[O-])c(Cl)s1. The van der Waals surface area contributed by atoms with Crippen molar-refractivity contribution in [1.29, 1.82) is 0 Å². The molecule has 1 heterocycles. The first-order valence-electron chi connectivity index (χ1n) is 5.71. The number of nitro groups is 1. The summed E-state index contributed by atoms with van der Waals surface area (Å²) < 4.78 is 26.6. The number of halogens is 1. The molecule has 1 aromatic rings. The highest BCUT2D eigenvalue weighted by molar-refractivity contribution is 7.91. The Balaban J connectivity index is 3.18. The highest BCUT2D eigenvalue weighted by atomic mass is 35.5. The summed E-state index contributed by atoms with van der Waals surface area (Å²) in [7, 11) is -3.91. The van der Waals surface area contributed by atoms with Gasteiger partial charge in [0.15, 0.2) is 4.34 Å². The van der Waals surface area contributed by atoms with E-state index in [-0.39, 0.29) is 21.0 Å². The minimum atomic E-state index is -3.91. The van der Waals surface area contributed by atoms with Crippen LogP contribution in [0.4, 0.5) is 5.69 Å². The van der Waals surface area contributed by atoms with Crippen LogP contribution in [0, 0.1) is 16.0 Å². The normalized spacial score (nSPS) is 15.3. The third-order valence-electron chi connectivity index (χ3n) is 3.17. The van der Waals surface area contributed by atoms with E-state index in [2.05, 4.69) is 4.72 Å². The molecule has 0 aliphatic rings. The number of nitrogens with two attached hydrogens (primary N) is 1. The predicted octanol–water partition coefficient (Wildman–Crippen LogP) is 1.96. The molecule has 20 heavy (non-hydrogen) atoms. The van der Waals surface area contributed by atoms with Gasteiger partial charge in [-0.05, 0) is 12.8 Å².